The molecular weight excluding hydrogens is 358 g/mol. The molecule has 0 aliphatic heterocycles. The summed E-state index contributed by atoms with van der Waals surface area (Å²) in [5, 5.41) is 5.50. The normalized spacial score (nSPS) is 13.5. The number of carbonyl (C=O) groups excluding carboxylic acids is 3. The van der Waals surface area contributed by atoms with Crippen molar-refractivity contribution in [2.45, 2.75) is 71.6 Å². The van der Waals surface area contributed by atoms with Gasteiger partial charge in [0.1, 0.15) is 11.6 Å². The summed E-state index contributed by atoms with van der Waals surface area (Å²) in [6, 6.07) is 8.31. The molecule has 0 aliphatic carbocycles. The Labute approximate surface area is 167 Å². The molecule has 0 saturated heterocycles. The first kappa shape index (κ1) is 23.5. The van der Waals surface area contributed by atoms with Gasteiger partial charge in [-0.15, -0.1) is 0 Å². The summed E-state index contributed by atoms with van der Waals surface area (Å²) in [6.45, 7) is 9.19. The zero-order chi connectivity index (χ0) is 21.3. The predicted molar refractivity (Wildman–Crippen MR) is 109 cm³/mol. The summed E-state index contributed by atoms with van der Waals surface area (Å²) in [5.74, 6) is -0.683. The van der Waals surface area contributed by atoms with Gasteiger partial charge in [0.15, 0.2) is 0 Å². The molecule has 28 heavy (non-hydrogen) atoms. The lowest BCUT2D eigenvalue weighted by Gasteiger charge is -2.26. The largest absolute Gasteiger partial charge is 0.444 e. The summed E-state index contributed by atoms with van der Waals surface area (Å²) in [7, 11) is 0. The second kappa shape index (κ2) is 10.7. The van der Waals surface area contributed by atoms with Crippen LogP contribution in [0, 0.1) is 5.92 Å². The number of benzene rings is 1. The Morgan fingerprint density at radius 2 is 1.68 bits per heavy atom. The Morgan fingerprint density at radius 1 is 1.07 bits per heavy atom. The van der Waals surface area contributed by atoms with Crippen LogP contribution < -0.4 is 16.4 Å². The number of hydrogen-bond donors (Lipinski definition) is 3. The Kier molecular flexibility index (Phi) is 8.96. The summed E-state index contributed by atoms with van der Waals surface area (Å²) >= 11 is 0. The van der Waals surface area contributed by atoms with Crippen LogP contribution in [0.1, 0.15) is 53.0 Å². The van der Waals surface area contributed by atoms with E-state index >= 15 is 0 Å². The molecule has 0 bridgehead atoms. The van der Waals surface area contributed by atoms with E-state index in [1.54, 1.807) is 20.8 Å². The molecule has 2 atom stereocenters. The van der Waals surface area contributed by atoms with Crippen molar-refractivity contribution in [3.63, 3.8) is 0 Å². The molecule has 1 aromatic carbocycles. The van der Waals surface area contributed by atoms with E-state index in [4.69, 9.17) is 10.5 Å². The maximum absolute atomic E-state index is 12.8. The molecule has 7 heteroatoms. The third kappa shape index (κ3) is 9.94. The topological polar surface area (TPSA) is 111 Å². The molecule has 0 saturated carbocycles. The van der Waals surface area contributed by atoms with Gasteiger partial charge in [-0.05, 0) is 45.1 Å². The lowest BCUT2D eigenvalue weighted by molar-refractivity contribution is -0.124. The number of nitrogens with two attached hydrogens (primary N) is 1. The smallest absolute Gasteiger partial charge is 0.408 e. The van der Waals surface area contributed by atoms with E-state index in [2.05, 4.69) is 10.6 Å². The maximum Gasteiger partial charge on any atom is 0.408 e. The van der Waals surface area contributed by atoms with Gasteiger partial charge in [0.2, 0.25) is 11.8 Å². The fourth-order valence-corrected chi connectivity index (χ4v) is 2.77. The van der Waals surface area contributed by atoms with Gasteiger partial charge in [0.05, 0.1) is 0 Å². The third-order valence-electron chi connectivity index (χ3n) is 3.83. The van der Waals surface area contributed by atoms with Gasteiger partial charge >= 0.3 is 6.09 Å². The van der Waals surface area contributed by atoms with E-state index in [0.29, 0.717) is 12.8 Å². The van der Waals surface area contributed by atoms with Crippen molar-refractivity contribution < 1.29 is 19.1 Å². The highest BCUT2D eigenvalue weighted by Crippen LogP contribution is 2.11. The average molecular weight is 392 g/mol. The van der Waals surface area contributed by atoms with Crippen molar-refractivity contribution in [2.24, 2.45) is 11.7 Å². The maximum atomic E-state index is 12.8. The molecule has 0 radical (unpaired) electrons. The Morgan fingerprint density at radius 3 is 2.18 bits per heavy atom. The molecule has 156 valence electrons. The van der Waals surface area contributed by atoms with Gasteiger partial charge in [-0.25, -0.2) is 4.79 Å². The van der Waals surface area contributed by atoms with E-state index < -0.39 is 29.7 Å². The summed E-state index contributed by atoms with van der Waals surface area (Å²) in [6.07, 6.45) is 0.278. The molecule has 0 aliphatic rings. The molecule has 1 aromatic rings. The third-order valence-corrected chi connectivity index (χ3v) is 3.83. The molecule has 7 nitrogen and oxygen atoms in total. The van der Waals surface area contributed by atoms with Crippen LogP contribution in [0.25, 0.3) is 0 Å². The van der Waals surface area contributed by atoms with Crippen LogP contribution in [0.3, 0.4) is 0 Å². The van der Waals surface area contributed by atoms with E-state index in [-0.39, 0.29) is 18.2 Å². The van der Waals surface area contributed by atoms with Crippen molar-refractivity contribution in [1.82, 2.24) is 10.6 Å². The number of hydrogen-bond acceptors (Lipinski definition) is 4. The second-order valence-corrected chi connectivity index (χ2v) is 8.39. The minimum atomic E-state index is -0.763. The number of ether oxygens (including phenoxy) is 1. The van der Waals surface area contributed by atoms with Gasteiger partial charge < -0.3 is 21.1 Å². The Balaban J connectivity index is 2.85. The standard InChI is InChI=1S/C21H33N3O4/c1-14(2)11-17(24-20(27)28-21(3,4)5)19(26)23-16(13-18(22)25)12-15-9-7-6-8-10-15/h6-10,14,16-17H,11-13H2,1-5H3,(H2,22,25)(H,23,26)(H,24,27)/t16-,17+/m1/s1. The quantitative estimate of drug-likeness (QED) is 0.601. The zero-order valence-corrected chi connectivity index (χ0v) is 17.5. The number of primary amides is 1. The molecular formula is C21H33N3O4. The van der Waals surface area contributed by atoms with Gasteiger partial charge in [0, 0.05) is 12.5 Å². The summed E-state index contributed by atoms with van der Waals surface area (Å²) < 4.78 is 5.26. The van der Waals surface area contributed by atoms with Gasteiger partial charge in [-0.1, -0.05) is 44.2 Å². The first-order valence-corrected chi connectivity index (χ1v) is 9.58. The van der Waals surface area contributed by atoms with Crippen LogP contribution in [0.5, 0.6) is 0 Å². The van der Waals surface area contributed by atoms with Crippen LogP contribution >= 0.6 is 0 Å². The summed E-state index contributed by atoms with van der Waals surface area (Å²) in [5.41, 5.74) is 5.67. The lowest BCUT2D eigenvalue weighted by Crippen LogP contribution is -2.52. The van der Waals surface area contributed by atoms with Crippen LogP contribution in [0.15, 0.2) is 30.3 Å². The first-order valence-electron chi connectivity index (χ1n) is 9.58. The van der Waals surface area contributed by atoms with Crippen molar-refractivity contribution in [2.75, 3.05) is 0 Å². The van der Waals surface area contributed by atoms with E-state index in [0.717, 1.165) is 5.56 Å². The van der Waals surface area contributed by atoms with E-state index in [9.17, 15) is 14.4 Å². The van der Waals surface area contributed by atoms with Crippen LogP contribution in [-0.4, -0.2) is 35.6 Å². The zero-order valence-electron chi connectivity index (χ0n) is 17.5. The van der Waals surface area contributed by atoms with Crippen LogP contribution in [-0.2, 0) is 20.7 Å². The summed E-state index contributed by atoms with van der Waals surface area (Å²) in [4.78, 5) is 36.4. The van der Waals surface area contributed by atoms with Gasteiger partial charge in [-0.3, -0.25) is 9.59 Å². The highest BCUT2D eigenvalue weighted by molar-refractivity contribution is 5.86. The SMILES string of the molecule is CC(C)C[C@H](NC(=O)OC(C)(C)C)C(=O)N[C@@H](CC(N)=O)Cc1ccccc1. The van der Waals surface area contributed by atoms with Gasteiger partial charge in [0.25, 0.3) is 0 Å². The van der Waals surface area contributed by atoms with Crippen LogP contribution in [0.4, 0.5) is 4.79 Å². The monoisotopic (exact) mass is 391 g/mol. The van der Waals surface area contributed by atoms with E-state index in [1.165, 1.54) is 0 Å². The fourth-order valence-electron chi connectivity index (χ4n) is 2.77. The fraction of sp³-hybridized carbons (Fsp3) is 0.571. The average Bonchev–Trinajstić information content (AvgIpc) is 2.52. The minimum Gasteiger partial charge on any atom is -0.444 e. The predicted octanol–water partition coefficient (Wildman–Crippen LogP) is 2.53. The van der Waals surface area contributed by atoms with Crippen molar-refractivity contribution in [3.05, 3.63) is 35.9 Å². The number of rotatable bonds is 9. The van der Waals surface area contributed by atoms with Crippen molar-refractivity contribution in [3.8, 4) is 0 Å². The first-order chi connectivity index (χ1) is 13.0. The van der Waals surface area contributed by atoms with Gasteiger partial charge in [-0.2, -0.15) is 0 Å². The van der Waals surface area contributed by atoms with Crippen molar-refractivity contribution in [1.29, 1.82) is 0 Å². The van der Waals surface area contributed by atoms with E-state index in [1.807, 2.05) is 44.2 Å². The minimum absolute atomic E-state index is 0.0153. The molecule has 3 amide bonds. The molecule has 4 N–H and O–H groups in total. The molecule has 1 rings (SSSR count). The molecule has 0 unspecified atom stereocenters. The highest BCUT2D eigenvalue weighted by atomic mass is 16.6. The molecule has 0 spiro atoms. The van der Waals surface area contributed by atoms with Crippen molar-refractivity contribution >= 4 is 17.9 Å². The van der Waals surface area contributed by atoms with Crippen LogP contribution in [0.2, 0.25) is 0 Å². The Bertz CT molecular complexity index is 653. The molecule has 0 heterocycles. The molecule has 0 aromatic heterocycles. The number of amides is 3. The second-order valence-electron chi connectivity index (χ2n) is 8.39. The highest BCUT2D eigenvalue weighted by Gasteiger charge is 2.27. The number of carbonyl (C=O) groups is 3. The number of alkyl carbamates (subject to hydrolysis) is 1. The number of nitrogens with one attached hydrogen (secondary N) is 2. The molecule has 0 fully saturated rings. The lowest BCUT2D eigenvalue weighted by atomic mass is 10.00. The Hall–Kier alpha value is -2.57.